The Morgan fingerprint density at radius 3 is 2.60 bits per heavy atom. The van der Waals surface area contributed by atoms with Gasteiger partial charge in [-0.2, -0.15) is 10.1 Å². The molecule has 3 N–H and O–H groups in total. The van der Waals surface area contributed by atoms with E-state index in [0.29, 0.717) is 78.9 Å². The minimum absolute atomic E-state index is 0.0159. The van der Waals surface area contributed by atoms with E-state index in [0.717, 1.165) is 10.9 Å². The van der Waals surface area contributed by atoms with Crippen molar-refractivity contribution in [1.29, 1.82) is 0 Å². The number of piperidine rings is 2. The highest BCUT2D eigenvalue weighted by Gasteiger charge is 2.46. The van der Waals surface area contributed by atoms with Crippen LogP contribution in [-0.4, -0.2) is 117 Å². The number of alkyl halides is 2. The maximum atomic E-state index is 16.0. The molecule has 1 aromatic carbocycles. The summed E-state index contributed by atoms with van der Waals surface area (Å²) in [5, 5.41) is 14.3. The Kier molecular flexibility index (Phi) is 11.8. The minimum Gasteiger partial charge on any atom is -0.478 e. The van der Waals surface area contributed by atoms with Gasteiger partial charge in [0.2, 0.25) is 17.8 Å². The molecular weight excluding hydrogens is 826 g/mol. The number of halogens is 3. The van der Waals surface area contributed by atoms with E-state index >= 15 is 8.78 Å². The van der Waals surface area contributed by atoms with E-state index in [2.05, 4.69) is 35.9 Å². The van der Waals surface area contributed by atoms with E-state index in [1.54, 1.807) is 35.0 Å². The van der Waals surface area contributed by atoms with Crippen molar-refractivity contribution in [3.05, 3.63) is 63.8 Å². The molecule has 3 amide bonds. The largest absolute Gasteiger partial charge is 0.478 e. The lowest BCUT2D eigenvalue weighted by molar-refractivity contribution is -0.134. The van der Waals surface area contributed by atoms with Gasteiger partial charge in [-0.1, -0.05) is 11.6 Å². The number of carbonyl (C=O) groups is 3. The molecule has 0 saturated carbocycles. The van der Waals surface area contributed by atoms with Gasteiger partial charge in [0.1, 0.15) is 10.7 Å². The van der Waals surface area contributed by atoms with Crippen molar-refractivity contribution in [3.63, 3.8) is 0 Å². The number of nitrogens with one attached hydrogen (secondary N) is 3. The number of fused-ring (bicyclic) bond motifs is 2. The smallest absolute Gasteiger partial charge is 0.294 e. The van der Waals surface area contributed by atoms with Gasteiger partial charge in [-0.15, -0.1) is 0 Å². The Morgan fingerprint density at radius 2 is 1.87 bits per heavy atom. The normalized spacial score (nSPS) is 20.8. The molecule has 3 aliphatic heterocycles. The number of benzene rings is 1. The van der Waals surface area contributed by atoms with Gasteiger partial charge in [0.05, 0.1) is 41.8 Å². The third kappa shape index (κ3) is 8.47. The standard InChI is InChI=1S/C42H49ClF2N12O5/c1-23(2)57-38-25(15-33(40(57)61)62-21-35(59)46-4)14-27(17-47-38)49-37-31(43)18-48-41(51-37)55-13-12-54(24(3)19-55)20-26-10-11-56(22-42(26,44)45)28-6-7-29-32(16-28)53(5)52-36(29)30-8-9-34(58)50-39(30)60/h6-7,14-18,23-24,26,30H,8-13,19-22H2,1-5H3,(H,46,59)(H,48,49,51)(H,50,58,60). The number of hydrogen-bond donors (Lipinski definition) is 3. The van der Waals surface area contributed by atoms with Crippen molar-refractivity contribution in [3.8, 4) is 5.75 Å². The van der Waals surface area contributed by atoms with Crippen molar-refractivity contribution in [2.24, 2.45) is 13.0 Å². The average molecular weight is 875 g/mol. The van der Waals surface area contributed by atoms with E-state index in [1.165, 1.54) is 17.8 Å². The number of ether oxygens (including phenoxy) is 1. The fraction of sp³-hybridized carbons (Fsp3) is 0.476. The van der Waals surface area contributed by atoms with Gasteiger partial charge in [0.15, 0.2) is 18.2 Å². The molecular formula is C42H49ClF2N12O5. The molecule has 5 aromatic rings. The zero-order valence-electron chi connectivity index (χ0n) is 35.1. The molecule has 7 heterocycles. The number of anilines is 4. The molecule has 20 heteroatoms. The molecule has 3 aliphatic rings. The average Bonchev–Trinajstić information content (AvgIpc) is 3.56. The molecule has 3 unspecified atom stereocenters. The van der Waals surface area contributed by atoms with Crippen molar-refractivity contribution >= 4 is 74.4 Å². The van der Waals surface area contributed by atoms with Crippen LogP contribution in [0.4, 0.5) is 31.9 Å². The molecule has 328 valence electrons. The number of nitrogens with zero attached hydrogens (tertiary/aromatic N) is 9. The van der Waals surface area contributed by atoms with Crippen molar-refractivity contribution in [1.82, 2.24) is 44.8 Å². The van der Waals surface area contributed by atoms with Gasteiger partial charge in [0.25, 0.3) is 17.4 Å². The summed E-state index contributed by atoms with van der Waals surface area (Å²) in [6, 6.07) is 8.53. The van der Waals surface area contributed by atoms with Crippen LogP contribution >= 0.6 is 11.6 Å². The summed E-state index contributed by atoms with van der Waals surface area (Å²) >= 11 is 6.57. The quantitative estimate of drug-likeness (QED) is 0.159. The fourth-order valence-corrected chi connectivity index (χ4v) is 8.78. The first kappa shape index (κ1) is 42.7. The van der Waals surface area contributed by atoms with Crippen LogP contribution in [0.1, 0.15) is 57.7 Å². The second kappa shape index (κ2) is 17.1. The fourth-order valence-electron chi connectivity index (χ4n) is 8.64. The first-order chi connectivity index (χ1) is 29.6. The molecule has 3 atom stereocenters. The predicted octanol–water partition coefficient (Wildman–Crippen LogP) is 4.37. The third-order valence-corrected chi connectivity index (χ3v) is 12.3. The highest BCUT2D eigenvalue weighted by atomic mass is 35.5. The Hall–Kier alpha value is -5.95. The summed E-state index contributed by atoms with van der Waals surface area (Å²) < 4.78 is 40.8. The Labute approximate surface area is 360 Å². The van der Waals surface area contributed by atoms with Gasteiger partial charge in [-0.3, -0.25) is 38.6 Å². The number of rotatable bonds is 11. The maximum Gasteiger partial charge on any atom is 0.294 e. The number of likely N-dealkylation sites (N-methyl/N-ethyl adjacent to an activating group) is 1. The van der Waals surface area contributed by atoms with Gasteiger partial charge in [0, 0.05) is 87.7 Å². The van der Waals surface area contributed by atoms with Gasteiger partial charge in [-0.25, -0.2) is 18.7 Å². The third-order valence-electron chi connectivity index (χ3n) is 12.0. The van der Waals surface area contributed by atoms with Gasteiger partial charge in [-0.05, 0) is 63.9 Å². The van der Waals surface area contributed by atoms with Crippen LogP contribution in [0, 0.1) is 5.92 Å². The lowest BCUT2D eigenvalue weighted by Crippen LogP contribution is -2.57. The molecule has 17 nitrogen and oxygen atoms in total. The van der Waals surface area contributed by atoms with Crippen LogP contribution in [0.25, 0.3) is 21.9 Å². The molecule has 3 fully saturated rings. The number of amides is 3. The molecule has 0 spiro atoms. The summed E-state index contributed by atoms with van der Waals surface area (Å²) in [4.78, 5) is 69.0. The van der Waals surface area contributed by atoms with Crippen molar-refractivity contribution < 1.29 is 27.9 Å². The predicted molar refractivity (Wildman–Crippen MR) is 231 cm³/mol. The van der Waals surface area contributed by atoms with Gasteiger partial charge < -0.3 is 25.2 Å². The minimum atomic E-state index is -2.95. The number of piperazine rings is 1. The maximum absolute atomic E-state index is 16.0. The molecule has 0 bridgehead atoms. The van der Waals surface area contributed by atoms with Crippen molar-refractivity contribution in [2.75, 3.05) is 68.0 Å². The summed E-state index contributed by atoms with van der Waals surface area (Å²) in [6.45, 7) is 7.28. The second-order valence-electron chi connectivity index (χ2n) is 16.5. The highest BCUT2D eigenvalue weighted by Crippen LogP contribution is 2.39. The number of aryl methyl sites for hydroxylation is 1. The SMILES string of the molecule is CNC(=O)COc1cc2cc(Nc3nc(N4CCN(CC5CCN(c6ccc7c(C8CCC(=O)NC8=O)nn(C)c7c6)CC5(F)F)C(C)C4)ncc3Cl)cnc2n(C(C)C)c1=O. The Morgan fingerprint density at radius 1 is 1.06 bits per heavy atom. The van der Waals surface area contributed by atoms with E-state index in [4.69, 9.17) is 21.3 Å². The number of hydrogen-bond acceptors (Lipinski definition) is 13. The lowest BCUT2D eigenvalue weighted by Gasteiger charge is -2.45. The topological polar surface area (TPSA) is 185 Å². The van der Waals surface area contributed by atoms with Gasteiger partial charge >= 0.3 is 0 Å². The van der Waals surface area contributed by atoms with Crippen LogP contribution < -0.4 is 36.0 Å². The lowest BCUT2D eigenvalue weighted by atomic mass is 9.90. The highest BCUT2D eigenvalue weighted by molar-refractivity contribution is 6.33. The van der Waals surface area contributed by atoms with Crippen LogP contribution in [0.15, 0.2) is 47.5 Å². The van der Waals surface area contributed by atoms with Crippen LogP contribution in [-0.2, 0) is 21.4 Å². The Bertz CT molecular complexity index is 2620. The van der Waals surface area contributed by atoms with E-state index in [1.807, 2.05) is 43.9 Å². The molecule has 3 saturated heterocycles. The molecule has 62 heavy (non-hydrogen) atoms. The van der Waals surface area contributed by atoms with Crippen molar-refractivity contribution in [2.45, 2.75) is 64.0 Å². The van der Waals surface area contributed by atoms with E-state index in [9.17, 15) is 19.2 Å². The van der Waals surface area contributed by atoms with Crippen LogP contribution in [0.2, 0.25) is 5.02 Å². The zero-order valence-corrected chi connectivity index (χ0v) is 35.9. The second-order valence-corrected chi connectivity index (χ2v) is 16.9. The molecule has 8 rings (SSSR count). The molecule has 0 aliphatic carbocycles. The van der Waals surface area contributed by atoms with E-state index < -0.39 is 29.9 Å². The Balaban J connectivity index is 0.908. The first-order valence-corrected chi connectivity index (χ1v) is 21.1. The molecule has 4 aromatic heterocycles. The zero-order chi connectivity index (χ0) is 44.0. The van der Waals surface area contributed by atoms with Crippen LogP contribution in [0.5, 0.6) is 5.75 Å². The number of imide groups is 1. The monoisotopic (exact) mass is 874 g/mol. The summed E-state index contributed by atoms with van der Waals surface area (Å²) in [5.41, 5.74) is 2.56. The number of pyridine rings is 2. The van der Waals surface area contributed by atoms with Crippen LogP contribution in [0.3, 0.4) is 0 Å². The summed E-state index contributed by atoms with van der Waals surface area (Å²) in [7, 11) is 3.25. The number of carbonyl (C=O) groups excluding carboxylic acids is 3. The molecule has 0 radical (unpaired) electrons. The van der Waals surface area contributed by atoms with E-state index in [-0.39, 0.29) is 60.1 Å². The summed E-state index contributed by atoms with van der Waals surface area (Å²) in [6.07, 6.45) is 4.01. The summed E-state index contributed by atoms with van der Waals surface area (Å²) in [5.74, 6) is -4.58. The first-order valence-electron chi connectivity index (χ1n) is 20.7. The number of aromatic nitrogens is 6.